The van der Waals surface area contributed by atoms with Crippen molar-refractivity contribution in [3.05, 3.63) is 120 Å². The van der Waals surface area contributed by atoms with Gasteiger partial charge in [-0.2, -0.15) is 0 Å². The third kappa shape index (κ3) is 11.2. The van der Waals surface area contributed by atoms with Crippen molar-refractivity contribution in [2.75, 3.05) is 9.80 Å². The molecule has 0 saturated carbocycles. The molecule has 5 rings (SSSR count). The van der Waals surface area contributed by atoms with Crippen LogP contribution in [0.2, 0.25) is 0 Å². The summed E-state index contributed by atoms with van der Waals surface area (Å²) in [5.41, 5.74) is 7.43. The van der Waals surface area contributed by atoms with Gasteiger partial charge in [0.05, 0.1) is 11.4 Å². The molecule has 0 atom stereocenters. The molecule has 0 aliphatic rings. The maximum absolute atomic E-state index is 4.96. The smallest absolute Gasteiger partial charge is 0.138 e. The lowest BCUT2D eigenvalue weighted by Crippen LogP contribution is -2.18. The van der Waals surface area contributed by atoms with Crippen LogP contribution in [0.25, 0.3) is 0 Å². The SMILES string of the molecule is CC(C)(C)Cc1ccnc(N(c2cccc(N(c3cc(CC(C)(C)C)ccn3)c3cc(CC(C)(C)C)ccn3)c2)c2cc(CC(C)(C)C)ccn2)c1. The molecule has 0 N–H and O–H groups in total. The van der Waals surface area contributed by atoms with Crippen LogP contribution < -0.4 is 9.80 Å². The average Bonchev–Trinajstić information content (AvgIpc) is 2.99. The molecule has 52 heavy (non-hydrogen) atoms. The summed E-state index contributed by atoms with van der Waals surface area (Å²) < 4.78 is 0. The first-order valence-corrected chi connectivity index (χ1v) is 18.7. The first-order chi connectivity index (χ1) is 24.2. The Morgan fingerprint density at radius 2 is 0.615 bits per heavy atom. The Labute approximate surface area is 313 Å². The summed E-state index contributed by atoms with van der Waals surface area (Å²) in [5, 5.41) is 0. The zero-order valence-electron chi connectivity index (χ0n) is 33.7. The van der Waals surface area contributed by atoms with E-state index in [0.29, 0.717) is 0 Å². The van der Waals surface area contributed by atoms with Gasteiger partial charge in [-0.05, 0) is 136 Å². The number of pyridine rings is 4. The van der Waals surface area contributed by atoms with E-state index in [1.807, 2.05) is 24.8 Å². The highest BCUT2D eigenvalue weighted by molar-refractivity contribution is 5.80. The highest BCUT2D eigenvalue weighted by atomic mass is 15.3. The van der Waals surface area contributed by atoms with E-state index in [0.717, 1.165) is 60.3 Å². The van der Waals surface area contributed by atoms with Crippen LogP contribution in [0.5, 0.6) is 0 Å². The van der Waals surface area contributed by atoms with Gasteiger partial charge in [0.2, 0.25) is 0 Å². The molecule has 1 aromatic carbocycles. The summed E-state index contributed by atoms with van der Waals surface area (Å²) in [6, 6.07) is 26.0. The van der Waals surface area contributed by atoms with Gasteiger partial charge in [0.15, 0.2) is 0 Å². The van der Waals surface area contributed by atoms with E-state index < -0.39 is 0 Å². The van der Waals surface area contributed by atoms with Gasteiger partial charge in [0.1, 0.15) is 23.3 Å². The lowest BCUT2D eigenvalue weighted by Gasteiger charge is -2.29. The maximum Gasteiger partial charge on any atom is 0.138 e. The molecule has 0 aliphatic carbocycles. The Kier molecular flexibility index (Phi) is 11.3. The van der Waals surface area contributed by atoms with Crippen molar-refractivity contribution in [2.45, 2.75) is 109 Å². The summed E-state index contributed by atoms with van der Waals surface area (Å²) in [5.74, 6) is 3.34. The van der Waals surface area contributed by atoms with Crippen molar-refractivity contribution in [1.29, 1.82) is 0 Å². The Morgan fingerprint density at radius 3 is 0.846 bits per heavy atom. The molecular weight excluding hydrogens is 637 g/mol. The Balaban J connectivity index is 1.70. The average molecular weight is 697 g/mol. The fraction of sp³-hybridized carbons (Fsp3) is 0.435. The lowest BCUT2D eigenvalue weighted by molar-refractivity contribution is 0.410. The van der Waals surface area contributed by atoms with Gasteiger partial charge in [-0.3, -0.25) is 9.80 Å². The Hall–Kier alpha value is -4.58. The fourth-order valence-electron chi connectivity index (χ4n) is 6.76. The fourth-order valence-corrected chi connectivity index (χ4v) is 6.76. The molecule has 0 saturated heterocycles. The summed E-state index contributed by atoms with van der Waals surface area (Å²) in [7, 11) is 0. The van der Waals surface area contributed by atoms with E-state index in [1.54, 1.807) is 0 Å². The van der Waals surface area contributed by atoms with Gasteiger partial charge in [-0.15, -0.1) is 0 Å². The third-order valence-electron chi connectivity index (χ3n) is 8.44. The molecule has 0 aliphatic heterocycles. The quantitative estimate of drug-likeness (QED) is 0.145. The summed E-state index contributed by atoms with van der Waals surface area (Å²) in [6.45, 7) is 27.3. The molecule has 0 radical (unpaired) electrons. The van der Waals surface area contributed by atoms with E-state index >= 15 is 0 Å². The largest absolute Gasteiger partial charge is 0.279 e. The number of aromatic nitrogens is 4. The second-order valence-corrected chi connectivity index (χ2v) is 19.2. The second kappa shape index (κ2) is 15.2. The van der Waals surface area contributed by atoms with Crippen molar-refractivity contribution >= 4 is 34.6 Å². The maximum atomic E-state index is 4.96. The summed E-state index contributed by atoms with van der Waals surface area (Å²) in [6.07, 6.45) is 11.5. The van der Waals surface area contributed by atoms with Crippen molar-refractivity contribution < 1.29 is 0 Å². The van der Waals surface area contributed by atoms with Gasteiger partial charge in [-0.1, -0.05) is 89.2 Å². The zero-order chi connectivity index (χ0) is 37.9. The number of anilines is 6. The molecule has 4 heterocycles. The van der Waals surface area contributed by atoms with Crippen molar-refractivity contribution in [2.24, 2.45) is 21.7 Å². The van der Waals surface area contributed by atoms with Crippen molar-refractivity contribution in [1.82, 2.24) is 19.9 Å². The van der Waals surface area contributed by atoms with E-state index in [4.69, 9.17) is 19.9 Å². The molecule has 0 bridgehead atoms. The molecule has 0 amide bonds. The highest BCUT2D eigenvalue weighted by Gasteiger charge is 2.23. The second-order valence-electron chi connectivity index (χ2n) is 19.2. The number of rotatable bonds is 10. The Bertz CT molecular complexity index is 1690. The molecule has 0 spiro atoms. The van der Waals surface area contributed by atoms with E-state index in [9.17, 15) is 0 Å². The van der Waals surface area contributed by atoms with E-state index in [-0.39, 0.29) is 21.7 Å². The van der Waals surface area contributed by atoms with Crippen LogP contribution in [0.1, 0.15) is 105 Å². The molecule has 274 valence electrons. The zero-order valence-corrected chi connectivity index (χ0v) is 33.7. The van der Waals surface area contributed by atoms with Gasteiger partial charge in [0.25, 0.3) is 0 Å². The molecule has 6 nitrogen and oxygen atoms in total. The summed E-state index contributed by atoms with van der Waals surface area (Å²) in [4.78, 5) is 24.2. The van der Waals surface area contributed by atoms with Crippen LogP contribution in [0.3, 0.4) is 0 Å². The molecule has 5 aromatic rings. The molecule has 0 fully saturated rings. The van der Waals surface area contributed by atoms with Crippen molar-refractivity contribution in [3.63, 3.8) is 0 Å². The Morgan fingerprint density at radius 1 is 0.365 bits per heavy atom. The van der Waals surface area contributed by atoms with Crippen LogP contribution in [-0.4, -0.2) is 19.9 Å². The molecular formula is C46H60N6. The molecule has 4 aromatic heterocycles. The summed E-state index contributed by atoms with van der Waals surface area (Å²) >= 11 is 0. The van der Waals surface area contributed by atoms with Gasteiger partial charge in [-0.25, -0.2) is 19.9 Å². The number of benzene rings is 1. The van der Waals surface area contributed by atoms with E-state index in [2.05, 4.69) is 166 Å². The predicted molar refractivity (Wildman–Crippen MR) is 220 cm³/mol. The first-order valence-electron chi connectivity index (χ1n) is 18.7. The van der Waals surface area contributed by atoms with Gasteiger partial charge < -0.3 is 0 Å². The van der Waals surface area contributed by atoms with Crippen LogP contribution in [0.15, 0.2) is 97.6 Å². The van der Waals surface area contributed by atoms with Crippen LogP contribution >= 0.6 is 0 Å². The number of hydrogen-bond acceptors (Lipinski definition) is 6. The normalized spacial score (nSPS) is 12.5. The van der Waals surface area contributed by atoms with Gasteiger partial charge in [0, 0.05) is 24.8 Å². The monoisotopic (exact) mass is 696 g/mol. The molecule has 6 heteroatoms. The molecule has 0 unspecified atom stereocenters. The minimum Gasteiger partial charge on any atom is -0.279 e. The predicted octanol–water partition coefficient (Wildman–Crippen LogP) is 12.6. The highest BCUT2D eigenvalue weighted by Crippen LogP contribution is 2.40. The van der Waals surface area contributed by atoms with Crippen LogP contribution in [0.4, 0.5) is 34.6 Å². The topological polar surface area (TPSA) is 58.0 Å². The van der Waals surface area contributed by atoms with Crippen LogP contribution in [0, 0.1) is 21.7 Å². The first kappa shape index (κ1) is 38.6. The number of nitrogens with zero attached hydrogens (tertiary/aromatic N) is 6. The van der Waals surface area contributed by atoms with Gasteiger partial charge >= 0.3 is 0 Å². The number of hydrogen-bond donors (Lipinski definition) is 0. The van der Waals surface area contributed by atoms with Crippen LogP contribution in [-0.2, 0) is 25.7 Å². The lowest BCUT2D eigenvalue weighted by atomic mass is 9.88. The van der Waals surface area contributed by atoms with E-state index in [1.165, 1.54) is 22.3 Å². The van der Waals surface area contributed by atoms with Crippen molar-refractivity contribution in [3.8, 4) is 0 Å². The minimum atomic E-state index is 0.137. The minimum absolute atomic E-state index is 0.137. The third-order valence-corrected chi connectivity index (χ3v) is 8.44. The standard InChI is InChI=1S/C46H60N6/c1-43(2,3)29-33-16-20-47-39(24-33)51(40-25-34(17-21-48-40)30-44(4,5)6)37-14-13-15-38(28-37)52(41-26-35(18-22-49-41)31-45(7,8)9)42-27-36(19-23-50-42)32-46(10,11)12/h13-28H,29-32H2,1-12H3.